The molecule has 1 saturated heterocycles. The highest BCUT2D eigenvalue weighted by Gasteiger charge is 2.22. The number of amidine groups is 1. The molecular weight excluding hydrogens is 252 g/mol. The van der Waals surface area contributed by atoms with Gasteiger partial charge in [-0.05, 0) is 32.2 Å². The second kappa shape index (κ2) is 6.24. The summed E-state index contributed by atoms with van der Waals surface area (Å²) in [5.41, 5.74) is 7.42. The summed E-state index contributed by atoms with van der Waals surface area (Å²) in [6, 6.07) is 6.20. The zero-order chi connectivity index (χ0) is 14.7. The standard InChI is InChI=1S/C15H24N4O/c1-11-9-18(2)6-7-19(11)10-13-8-12(15(16)17)4-5-14(13)20-3/h4-5,8,11H,6-7,9-10H2,1-3H3,(H3,16,17). The molecule has 3 N–H and O–H groups in total. The molecule has 1 fully saturated rings. The Labute approximate surface area is 120 Å². The van der Waals surface area contributed by atoms with Crippen molar-refractivity contribution in [3.8, 4) is 5.75 Å². The summed E-state index contributed by atoms with van der Waals surface area (Å²) in [5.74, 6) is 0.960. The molecule has 0 radical (unpaired) electrons. The quantitative estimate of drug-likeness (QED) is 0.639. The van der Waals surface area contributed by atoms with Crippen LogP contribution in [0.15, 0.2) is 18.2 Å². The van der Waals surface area contributed by atoms with Crippen LogP contribution < -0.4 is 10.5 Å². The van der Waals surface area contributed by atoms with Crippen LogP contribution in [-0.4, -0.2) is 55.5 Å². The monoisotopic (exact) mass is 276 g/mol. The van der Waals surface area contributed by atoms with Crippen LogP contribution in [0.2, 0.25) is 0 Å². The third kappa shape index (κ3) is 3.29. The van der Waals surface area contributed by atoms with Crippen LogP contribution in [0.25, 0.3) is 0 Å². The first-order chi connectivity index (χ1) is 9.51. The van der Waals surface area contributed by atoms with Crippen molar-refractivity contribution in [2.24, 2.45) is 5.73 Å². The van der Waals surface area contributed by atoms with Crippen molar-refractivity contribution in [1.29, 1.82) is 5.41 Å². The van der Waals surface area contributed by atoms with Crippen LogP contribution in [0.3, 0.4) is 0 Å². The molecule has 1 heterocycles. The van der Waals surface area contributed by atoms with Crippen LogP contribution in [0, 0.1) is 5.41 Å². The Hall–Kier alpha value is -1.59. The van der Waals surface area contributed by atoms with Crippen LogP contribution in [0.1, 0.15) is 18.1 Å². The number of rotatable bonds is 4. The van der Waals surface area contributed by atoms with E-state index in [1.165, 1.54) is 0 Å². The van der Waals surface area contributed by atoms with Crippen molar-refractivity contribution in [2.75, 3.05) is 33.8 Å². The highest BCUT2D eigenvalue weighted by atomic mass is 16.5. The molecule has 20 heavy (non-hydrogen) atoms. The van der Waals surface area contributed by atoms with E-state index in [1.807, 2.05) is 18.2 Å². The lowest BCUT2D eigenvalue weighted by Crippen LogP contribution is -2.49. The number of hydrogen-bond donors (Lipinski definition) is 2. The maximum absolute atomic E-state index is 7.56. The van der Waals surface area contributed by atoms with Crippen molar-refractivity contribution >= 4 is 5.84 Å². The second-order valence-corrected chi connectivity index (χ2v) is 5.52. The molecule has 5 nitrogen and oxygen atoms in total. The van der Waals surface area contributed by atoms with Gasteiger partial charge in [-0.2, -0.15) is 0 Å². The van der Waals surface area contributed by atoms with Crippen molar-refractivity contribution in [3.05, 3.63) is 29.3 Å². The largest absolute Gasteiger partial charge is 0.496 e. The molecule has 0 bridgehead atoms. The maximum atomic E-state index is 7.56. The molecule has 2 rings (SSSR count). The second-order valence-electron chi connectivity index (χ2n) is 5.52. The smallest absolute Gasteiger partial charge is 0.123 e. The van der Waals surface area contributed by atoms with Gasteiger partial charge >= 0.3 is 0 Å². The van der Waals surface area contributed by atoms with E-state index in [1.54, 1.807) is 7.11 Å². The van der Waals surface area contributed by atoms with Crippen molar-refractivity contribution in [1.82, 2.24) is 9.80 Å². The van der Waals surface area contributed by atoms with Gasteiger partial charge in [0.2, 0.25) is 0 Å². The molecule has 1 aromatic rings. The first-order valence-corrected chi connectivity index (χ1v) is 6.95. The number of nitrogens with zero attached hydrogens (tertiary/aromatic N) is 2. The number of nitrogen functional groups attached to an aromatic ring is 1. The molecule has 1 unspecified atom stereocenters. The minimum absolute atomic E-state index is 0.0975. The Bertz CT molecular complexity index is 489. The van der Waals surface area contributed by atoms with Gasteiger partial charge in [-0.25, -0.2) is 0 Å². The van der Waals surface area contributed by atoms with E-state index in [2.05, 4.69) is 23.8 Å². The van der Waals surface area contributed by atoms with Gasteiger partial charge in [0.15, 0.2) is 0 Å². The Balaban J connectivity index is 2.18. The van der Waals surface area contributed by atoms with E-state index in [4.69, 9.17) is 15.9 Å². The lowest BCUT2D eigenvalue weighted by molar-refractivity contribution is 0.0931. The first-order valence-electron chi connectivity index (χ1n) is 6.95. The molecule has 5 heteroatoms. The molecule has 1 aliphatic heterocycles. The number of nitrogens with one attached hydrogen (secondary N) is 1. The highest BCUT2D eigenvalue weighted by Crippen LogP contribution is 2.23. The average Bonchev–Trinajstić information content (AvgIpc) is 2.41. The lowest BCUT2D eigenvalue weighted by atomic mass is 10.1. The number of benzene rings is 1. The van der Waals surface area contributed by atoms with Crippen molar-refractivity contribution in [3.63, 3.8) is 0 Å². The number of likely N-dealkylation sites (N-methyl/N-ethyl adjacent to an activating group) is 1. The normalized spacial score (nSPS) is 20.9. The van der Waals surface area contributed by atoms with Gasteiger partial charge in [0.25, 0.3) is 0 Å². The SMILES string of the molecule is COc1ccc(C(=N)N)cc1CN1CCN(C)CC1C. The summed E-state index contributed by atoms with van der Waals surface area (Å²) >= 11 is 0. The van der Waals surface area contributed by atoms with Crippen molar-refractivity contribution in [2.45, 2.75) is 19.5 Å². The predicted molar refractivity (Wildman–Crippen MR) is 81.4 cm³/mol. The summed E-state index contributed by atoms with van der Waals surface area (Å²) < 4.78 is 5.43. The number of methoxy groups -OCH3 is 1. The maximum Gasteiger partial charge on any atom is 0.123 e. The Morgan fingerprint density at radius 2 is 2.20 bits per heavy atom. The molecule has 0 amide bonds. The summed E-state index contributed by atoms with van der Waals surface area (Å²) in [5, 5.41) is 7.56. The van der Waals surface area contributed by atoms with Crippen LogP contribution >= 0.6 is 0 Å². The molecule has 1 aliphatic rings. The number of nitrogens with two attached hydrogens (primary N) is 1. The number of ether oxygens (including phenoxy) is 1. The molecule has 0 aliphatic carbocycles. The van der Waals surface area contributed by atoms with Gasteiger partial charge in [0.05, 0.1) is 7.11 Å². The van der Waals surface area contributed by atoms with E-state index in [0.717, 1.165) is 43.1 Å². The van der Waals surface area contributed by atoms with Crippen LogP contribution in [0.5, 0.6) is 5.75 Å². The molecular formula is C15H24N4O. The molecule has 1 atom stereocenters. The van der Waals surface area contributed by atoms with E-state index in [9.17, 15) is 0 Å². The van der Waals surface area contributed by atoms with E-state index in [0.29, 0.717) is 6.04 Å². The molecule has 0 aromatic heterocycles. The number of hydrogen-bond acceptors (Lipinski definition) is 4. The third-order valence-electron chi connectivity index (χ3n) is 3.93. The molecule has 1 aromatic carbocycles. The Morgan fingerprint density at radius 3 is 2.80 bits per heavy atom. The third-order valence-corrected chi connectivity index (χ3v) is 3.93. The molecule has 110 valence electrons. The summed E-state index contributed by atoms with van der Waals surface area (Å²) in [6.07, 6.45) is 0. The minimum Gasteiger partial charge on any atom is -0.496 e. The zero-order valence-electron chi connectivity index (χ0n) is 12.5. The Kier molecular flexibility index (Phi) is 4.62. The molecule has 0 spiro atoms. The topological polar surface area (TPSA) is 65.6 Å². The summed E-state index contributed by atoms with van der Waals surface area (Å²) in [6.45, 7) is 6.29. The van der Waals surface area contributed by atoms with Gasteiger partial charge in [0.1, 0.15) is 11.6 Å². The lowest BCUT2D eigenvalue weighted by Gasteiger charge is -2.38. The fourth-order valence-electron chi connectivity index (χ4n) is 2.70. The van der Waals surface area contributed by atoms with E-state index in [-0.39, 0.29) is 5.84 Å². The Morgan fingerprint density at radius 1 is 1.45 bits per heavy atom. The fraction of sp³-hybridized carbons (Fsp3) is 0.533. The molecule has 0 saturated carbocycles. The van der Waals surface area contributed by atoms with Crippen LogP contribution in [-0.2, 0) is 6.54 Å². The zero-order valence-corrected chi connectivity index (χ0v) is 12.5. The minimum atomic E-state index is 0.0975. The van der Waals surface area contributed by atoms with E-state index >= 15 is 0 Å². The van der Waals surface area contributed by atoms with Crippen LogP contribution in [0.4, 0.5) is 0 Å². The summed E-state index contributed by atoms with van der Waals surface area (Å²) in [4.78, 5) is 4.80. The van der Waals surface area contributed by atoms with Gasteiger partial charge in [0, 0.05) is 43.3 Å². The number of piperazine rings is 1. The van der Waals surface area contributed by atoms with Gasteiger partial charge in [-0.3, -0.25) is 10.3 Å². The van der Waals surface area contributed by atoms with Gasteiger partial charge in [-0.1, -0.05) is 0 Å². The summed E-state index contributed by atoms with van der Waals surface area (Å²) in [7, 11) is 3.84. The van der Waals surface area contributed by atoms with E-state index < -0.39 is 0 Å². The fourth-order valence-corrected chi connectivity index (χ4v) is 2.70. The average molecular weight is 276 g/mol. The predicted octanol–water partition coefficient (Wildman–Crippen LogP) is 1.12. The first kappa shape index (κ1) is 14.8. The highest BCUT2D eigenvalue weighted by molar-refractivity contribution is 5.95. The van der Waals surface area contributed by atoms with Gasteiger partial charge in [-0.15, -0.1) is 0 Å². The van der Waals surface area contributed by atoms with Gasteiger partial charge < -0.3 is 15.4 Å². The van der Waals surface area contributed by atoms with Crippen molar-refractivity contribution < 1.29 is 4.74 Å².